The normalized spacial score (nSPS) is 50.0. The average Bonchev–Trinajstić information content (AvgIpc) is 2.80. The van der Waals surface area contributed by atoms with Gasteiger partial charge in [0.2, 0.25) is 0 Å². The van der Waals surface area contributed by atoms with Crippen LogP contribution in [0.2, 0.25) is 0 Å². The van der Waals surface area contributed by atoms with Crippen molar-refractivity contribution in [3.8, 4) is 0 Å². The van der Waals surface area contributed by atoms with Crippen molar-refractivity contribution in [2.75, 3.05) is 7.05 Å². The molecule has 0 aromatic rings. The number of ether oxygens (including phenoxy) is 2. The van der Waals surface area contributed by atoms with Gasteiger partial charge in [0, 0.05) is 36.5 Å². The minimum absolute atomic E-state index is 0.0115. The predicted octanol–water partition coefficient (Wildman–Crippen LogP) is 0.974. The number of halogens is 1. The molecular weight excluding hydrogens is 206 g/mol. The number of morpholine rings is 1. The van der Waals surface area contributed by atoms with Crippen LogP contribution in [-0.4, -0.2) is 47.8 Å². The summed E-state index contributed by atoms with van der Waals surface area (Å²) in [6, 6.07) is 0.833. The zero-order chi connectivity index (χ0) is 9.87. The lowest BCUT2D eigenvalue weighted by Gasteiger charge is -2.37. The molecule has 3 aliphatic heterocycles. The Bertz CT molecular complexity index is 267. The van der Waals surface area contributed by atoms with Crippen molar-refractivity contribution in [3.05, 3.63) is 0 Å². The number of hydrogen-bond acceptors (Lipinski definition) is 4. The van der Waals surface area contributed by atoms with Crippen LogP contribution in [0.3, 0.4) is 0 Å². The number of carbonyl (C=O) groups is 1. The SMILES string of the molecule is CN1[C@@H]2CC(OC(=O)Cl)C[C@H]1[C@@H]1O[C@@H]12. The first-order chi connectivity index (χ1) is 6.66. The van der Waals surface area contributed by atoms with Crippen LogP contribution in [0.5, 0.6) is 0 Å². The van der Waals surface area contributed by atoms with E-state index in [0.29, 0.717) is 24.3 Å². The minimum Gasteiger partial charge on any atom is -0.450 e. The Morgan fingerprint density at radius 1 is 1.43 bits per heavy atom. The van der Waals surface area contributed by atoms with E-state index in [1.807, 2.05) is 0 Å². The Kier molecular flexibility index (Phi) is 1.81. The number of fused-ring (bicyclic) bond motifs is 5. The maximum absolute atomic E-state index is 10.6. The third kappa shape index (κ3) is 1.17. The molecular formula is C9H12ClNO3. The molecule has 3 fully saturated rings. The van der Waals surface area contributed by atoms with Crippen molar-refractivity contribution in [2.45, 2.75) is 43.2 Å². The largest absolute Gasteiger partial charge is 0.450 e. The summed E-state index contributed by atoms with van der Waals surface area (Å²) in [5, 5.41) is 0. The Balaban J connectivity index is 1.71. The molecule has 3 aliphatic rings. The Morgan fingerprint density at radius 2 is 2.00 bits per heavy atom. The van der Waals surface area contributed by atoms with Gasteiger partial charge in [-0.25, -0.2) is 4.79 Å². The van der Waals surface area contributed by atoms with Crippen molar-refractivity contribution in [1.82, 2.24) is 4.90 Å². The van der Waals surface area contributed by atoms with E-state index in [-0.39, 0.29) is 6.10 Å². The zero-order valence-electron chi connectivity index (χ0n) is 7.85. The summed E-state index contributed by atoms with van der Waals surface area (Å²) < 4.78 is 10.6. The second-order valence-corrected chi connectivity index (χ2v) is 4.62. The molecule has 0 radical (unpaired) electrons. The Labute approximate surface area is 87.1 Å². The standard InChI is InChI=1S/C9H12ClNO3/c1-11-5-2-4(13-9(10)12)3-6(11)8-7(5)14-8/h4-8H,2-3H2,1H3/t4?,5-,6+,7-,8+. The van der Waals surface area contributed by atoms with Gasteiger partial charge < -0.3 is 9.47 Å². The highest BCUT2D eigenvalue weighted by Crippen LogP contribution is 2.47. The maximum Gasteiger partial charge on any atom is 0.404 e. The van der Waals surface area contributed by atoms with Crippen LogP contribution in [0.4, 0.5) is 4.79 Å². The molecule has 78 valence electrons. The Hall–Kier alpha value is -0.320. The first-order valence-corrected chi connectivity index (χ1v) is 5.28. The van der Waals surface area contributed by atoms with Gasteiger partial charge in [0.25, 0.3) is 0 Å². The highest BCUT2D eigenvalue weighted by atomic mass is 35.5. The van der Waals surface area contributed by atoms with Gasteiger partial charge in [-0.1, -0.05) is 0 Å². The lowest BCUT2D eigenvalue weighted by molar-refractivity contribution is -0.00203. The number of nitrogens with zero attached hydrogens (tertiary/aromatic N) is 1. The molecule has 0 aliphatic carbocycles. The fraction of sp³-hybridized carbons (Fsp3) is 0.889. The molecule has 0 spiro atoms. The van der Waals surface area contributed by atoms with Crippen LogP contribution in [0.25, 0.3) is 0 Å². The van der Waals surface area contributed by atoms with Crippen LogP contribution >= 0.6 is 11.6 Å². The van der Waals surface area contributed by atoms with Gasteiger partial charge in [-0.3, -0.25) is 4.90 Å². The molecule has 2 bridgehead atoms. The Morgan fingerprint density at radius 3 is 2.50 bits per heavy atom. The lowest BCUT2D eigenvalue weighted by Crippen LogP contribution is -2.47. The van der Waals surface area contributed by atoms with E-state index in [2.05, 4.69) is 11.9 Å². The molecule has 0 aromatic heterocycles. The molecule has 5 atom stereocenters. The fourth-order valence-corrected chi connectivity index (χ4v) is 3.05. The van der Waals surface area contributed by atoms with E-state index in [1.165, 1.54) is 0 Å². The van der Waals surface area contributed by atoms with Crippen LogP contribution in [0.15, 0.2) is 0 Å². The zero-order valence-corrected chi connectivity index (χ0v) is 8.61. The number of rotatable bonds is 1. The summed E-state index contributed by atoms with van der Waals surface area (Å²) in [6.45, 7) is 0. The van der Waals surface area contributed by atoms with Gasteiger partial charge in [0.05, 0.1) is 0 Å². The predicted molar refractivity (Wildman–Crippen MR) is 49.4 cm³/mol. The molecule has 0 N–H and O–H groups in total. The molecule has 3 rings (SSSR count). The summed E-state index contributed by atoms with van der Waals surface area (Å²) in [4.78, 5) is 13.0. The van der Waals surface area contributed by atoms with Gasteiger partial charge in [-0.15, -0.1) is 0 Å². The molecule has 5 heteroatoms. The van der Waals surface area contributed by atoms with Crippen molar-refractivity contribution in [1.29, 1.82) is 0 Å². The molecule has 0 saturated carbocycles. The number of epoxide rings is 1. The highest BCUT2D eigenvalue weighted by Gasteiger charge is 2.62. The van der Waals surface area contributed by atoms with Crippen molar-refractivity contribution < 1.29 is 14.3 Å². The average molecular weight is 218 g/mol. The van der Waals surface area contributed by atoms with Gasteiger partial charge >= 0.3 is 5.43 Å². The van der Waals surface area contributed by atoms with E-state index >= 15 is 0 Å². The second kappa shape index (κ2) is 2.84. The first-order valence-electron chi connectivity index (χ1n) is 4.90. The van der Waals surface area contributed by atoms with Crippen molar-refractivity contribution >= 4 is 17.0 Å². The molecule has 0 aromatic carbocycles. The molecule has 1 unspecified atom stereocenters. The highest BCUT2D eigenvalue weighted by molar-refractivity contribution is 6.61. The van der Waals surface area contributed by atoms with E-state index in [9.17, 15) is 4.79 Å². The number of hydrogen-bond donors (Lipinski definition) is 0. The van der Waals surface area contributed by atoms with Crippen LogP contribution in [-0.2, 0) is 9.47 Å². The smallest absolute Gasteiger partial charge is 0.404 e. The van der Waals surface area contributed by atoms with E-state index in [0.717, 1.165) is 12.8 Å². The van der Waals surface area contributed by atoms with Gasteiger partial charge in [0.15, 0.2) is 0 Å². The van der Waals surface area contributed by atoms with Gasteiger partial charge in [-0.2, -0.15) is 0 Å². The molecule has 4 nitrogen and oxygen atoms in total. The molecule has 3 saturated heterocycles. The maximum atomic E-state index is 10.6. The van der Waals surface area contributed by atoms with Crippen molar-refractivity contribution in [2.24, 2.45) is 0 Å². The summed E-state index contributed by atoms with van der Waals surface area (Å²) >= 11 is 5.20. The third-order valence-electron chi connectivity index (χ3n) is 3.63. The summed E-state index contributed by atoms with van der Waals surface area (Å²) in [7, 11) is 2.11. The molecule has 0 amide bonds. The monoisotopic (exact) mass is 217 g/mol. The van der Waals surface area contributed by atoms with Gasteiger partial charge in [0.1, 0.15) is 18.3 Å². The molecule has 3 heterocycles. The number of carbonyl (C=O) groups excluding carboxylic acids is 1. The van der Waals surface area contributed by atoms with Crippen molar-refractivity contribution in [3.63, 3.8) is 0 Å². The quantitative estimate of drug-likeness (QED) is 0.485. The van der Waals surface area contributed by atoms with E-state index < -0.39 is 5.43 Å². The van der Waals surface area contributed by atoms with E-state index in [4.69, 9.17) is 21.1 Å². The summed E-state index contributed by atoms with van der Waals surface area (Å²) in [5.74, 6) is 0. The van der Waals surface area contributed by atoms with Crippen LogP contribution < -0.4 is 0 Å². The van der Waals surface area contributed by atoms with E-state index in [1.54, 1.807) is 0 Å². The lowest BCUT2D eigenvalue weighted by atomic mass is 9.99. The summed E-state index contributed by atoms with van der Waals surface area (Å²) in [5.41, 5.74) is -0.687. The van der Waals surface area contributed by atoms with Crippen LogP contribution in [0.1, 0.15) is 12.8 Å². The minimum atomic E-state index is -0.687. The topological polar surface area (TPSA) is 42.1 Å². The fourth-order valence-electron chi connectivity index (χ4n) is 2.93. The second-order valence-electron chi connectivity index (χ2n) is 4.31. The first kappa shape index (κ1) is 8.95. The van der Waals surface area contributed by atoms with Gasteiger partial charge in [-0.05, 0) is 7.05 Å². The molecule has 14 heavy (non-hydrogen) atoms. The number of likely N-dealkylation sites (N-methyl/N-ethyl adjacent to an activating group) is 1. The van der Waals surface area contributed by atoms with Crippen LogP contribution in [0, 0.1) is 0 Å². The third-order valence-corrected chi connectivity index (χ3v) is 3.72. The summed E-state index contributed by atoms with van der Waals surface area (Å²) in [6.07, 6.45) is 2.45. The number of piperidine rings is 1.